The minimum atomic E-state index is -0.133. The lowest BCUT2D eigenvalue weighted by atomic mass is 10.1. The van der Waals surface area contributed by atoms with E-state index < -0.39 is 0 Å². The molecule has 4 nitrogen and oxygen atoms in total. The molecule has 0 aliphatic heterocycles. The van der Waals surface area contributed by atoms with Crippen LogP contribution in [0.3, 0.4) is 0 Å². The third kappa shape index (κ3) is 4.02. The number of hydrogen-bond acceptors (Lipinski definition) is 2. The van der Waals surface area contributed by atoms with Crippen LogP contribution in [-0.4, -0.2) is 24.5 Å². The molecule has 0 aliphatic carbocycles. The molecular weight excluding hydrogens is 250 g/mol. The Morgan fingerprint density at radius 2 is 1.90 bits per heavy atom. The highest BCUT2D eigenvalue weighted by atomic mass is 16.2. The molecule has 2 rings (SSSR count). The molecule has 20 heavy (non-hydrogen) atoms. The first-order chi connectivity index (χ1) is 9.65. The van der Waals surface area contributed by atoms with Crippen LogP contribution >= 0.6 is 0 Å². The van der Waals surface area contributed by atoms with Crippen molar-refractivity contribution in [3.63, 3.8) is 0 Å². The molecule has 0 unspecified atom stereocenters. The molecule has 0 bridgehead atoms. The van der Waals surface area contributed by atoms with E-state index in [9.17, 15) is 4.79 Å². The molecule has 4 heteroatoms. The monoisotopic (exact) mass is 269 g/mol. The molecular formula is C16H19N3O. The Hall–Kier alpha value is -2.49. The number of rotatable bonds is 4. The first kappa shape index (κ1) is 13.9. The molecule has 2 aromatic rings. The van der Waals surface area contributed by atoms with E-state index in [-0.39, 0.29) is 6.03 Å². The van der Waals surface area contributed by atoms with Crippen molar-refractivity contribution in [1.82, 2.24) is 4.90 Å². The minimum Gasteiger partial charge on any atom is -0.399 e. The first-order valence-electron chi connectivity index (χ1n) is 6.57. The summed E-state index contributed by atoms with van der Waals surface area (Å²) in [4.78, 5) is 13.7. The third-order valence-electron chi connectivity index (χ3n) is 3.06. The van der Waals surface area contributed by atoms with Gasteiger partial charge in [0, 0.05) is 25.0 Å². The van der Waals surface area contributed by atoms with E-state index >= 15 is 0 Å². The van der Waals surface area contributed by atoms with Gasteiger partial charge in [0.05, 0.1) is 0 Å². The van der Waals surface area contributed by atoms with Crippen molar-refractivity contribution < 1.29 is 4.79 Å². The Kier molecular flexibility index (Phi) is 4.60. The summed E-state index contributed by atoms with van der Waals surface area (Å²) in [6.45, 7) is 0.665. The molecule has 0 aliphatic rings. The van der Waals surface area contributed by atoms with Crippen molar-refractivity contribution >= 4 is 17.4 Å². The Labute approximate surface area is 119 Å². The van der Waals surface area contributed by atoms with Crippen LogP contribution in [0.15, 0.2) is 54.6 Å². The Morgan fingerprint density at radius 3 is 2.60 bits per heavy atom. The van der Waals surface area contributed by atoms with Gasteiger partial charge < -0.3 is 16.0 Å². The molecule has 0 aromatic heterocycles. The van der Waals surface area contributed by atoms with E-state index in [4.69, 9.17) is 5.73 Å². The van der Waals surface area contributed by atoms with Gasteiger partial charge in [0.25, 0.3) is 0 Å². The number of hydrogen-bond donors (Lipinski definition) is 2. The van der Waals surface area contributed by atoms with Gasteiger partial charge in [0.1, 0.15) is 0 Å². The van der Waals surface area contributed by atoms with E-state index in [1.165, 1.54) is 5.56 Å². The topological polar surface area (TPSA) is 58.4 Å². The number of nitrogen functional groups attached to an aromatic ring is 1. The second-order valence-corrected chi connectivity index (χ2v) is 4.71. The van der Waals surface area contributed by atoms with Gasteiger partial charge in [0.2, 0.25) is 0 Å². The number of nitrogens with one attached hydrogen (secondary N) is 1. The van der Waals surface area contributed by atoms with Gasteiger partial charge >= 0.3 is 6.03 Å². The summed E-state index contributed by atoms with van der Waals surface area (Å²) in [5.41, 5.74) is 8.24. The standard InChI is InChI=1S/C16H19N3O/c1-19(11-10-13-6-3-2-4-7-13)16(20)18-15-9-5-8-14(17)12-15/h2-9,12H,10-11,17H2,1H3,(H,18,20). The molecule has 2 amide bonds. The Balaban J connectivity index is 1.86. The predicted molar refractivity (Wildman–Crippen MR) is 82.6 cm³/mol. The van der Waals surface area contributed by atoms with Crippen LogP contribution in [0.4, 0.5) is 16.2 Å². The zero-order chi connectivity index (χ0) is 14.4. The Morgan fingerprint density at radius 1 is 1.15 bits per heavy atom. The molecule has 0 atom stereocenters. The molecule has 104 valence electrons. The smallest absolute Gasteiger partial charge is 0.321 e. The van der Waals surface area contributed by atoms with E-state index in [1.54, 1.807) is 24.1 Å². The summed E-state index contributed by atoms with van der Waals surface area (Å²) < 4.78 is 0. The number of urea groups is 1. The summed E-state index contributed by atoms with van der Waals surface area (Å²) in [7, 11) is 1.78. The van der Waals surface area contributed by atoms with Gasteiger partial charge in [-0.05, 0) is 30.2 Å². The number of carbonyl (C=O) groups is 1. The number of nitrogens with two attached hydrogens (primary N) is 1. The fourth-order valence-corrected chi connectivity index (χ4v) is 1.88. The van der Waals surface area contributed by atoms with E-state index in [0.29, 0.717) is 17.9 Å². The number of anilines is 2. The summed E-state index contributed by atoms with van der Waals surface area (Å²) >= 11 is 0. The SMILES string of the molecule is CN(CCc1ccccc1)C(=O)Nc1cccc(N)c1. The lowest BCUT2D eigenvalue weighted by Crippen LogP contribution is -2.33. The number of carbonyl (C=O) groups excluding carboxylic acids is 1. The summed E-state index contributed by atoms with van der Waals surface area (Å²) in [5.74, 6) is 0. The molecule has 0 spiro atoms. The number of likely N-dealkylation sites (N-methyl/N-ethyl adjacent to an activating group) is 1. The van der Waals surface area contributed by atoms with Crippen molar-refractivity contribution in [3.8, 4) is 0 Å². The van der Waals surface area contributed by atoms with Crippen LogP contribution in [0, 0.1) is 0 Å². The molecule has 0 heterocycles. The molecule has 2 aromatic carbocycles. The molecule has 0 saturated heterocycles. The fraction of sp³-hybridized carbons (Fsp3) is 0.188. The molecule has 0 saturated carbocycles. The Bertz CT molecular complexity index is 569. The summed E-state index contributed by atoms with van der Waals surface area (Å²) in [6, 6.07) is 17.1. The number of benzene rings is 2. The van der Waals surface area contributed by atoms with Crippen LogP contribution in [0.25, 0.3) is 0 Å². The zero-order valence-electron chi connectivity index (χ0n) is 11.5. The van der Waals surface area contributed by atoms with Gasteiger partial charge in [-0.15, -0.1) is 0 Å². The lowest BCUT2D eigenvalue weighted by Gasteiger charge is -2.18. The highest BCUT2D eigenvalue weighted by Crippen LogP contribution is 2.12. The van der Waals surface area contributed by atoms with Gasteiger partial charge in [-0.1, -0.05) is 36.4 Å². The molecule has 0 fully saturated rings. The summed E-state index contributed by atoms with van der Waals surface area (Å²) in [6.07, 6.45) is 0.835. The van der Waals surface area contributed by atoms with Crippen LogP contribution in [0.1, 0.15) is 5.56 Å². The maximum atomic E-state index is 12.0. The highest BCUT2D eigenvalue weighted by molar-refractivity contribution is 5.89. The van der Waals surface area contributed by atoms with Crippen LogP contribution in [0.5, 0.6) is 0 Å². The molecule has 3 N–H and O–H groups in total. The molecule has 0 radical (unpaired) electrons. The highest BCUT2D eigenvalue weighted by Gasteiger charge is 2.08. The number of nitrogens with zero attached hydrogens (tertiary/aromatic N) is 1. The second-order valence-electron chi connectivity index (χ2n) is 4.71. The van der Waals surface area contributed by atoms with Gasteiger partial charge in [0.15, 0.2) is 0 Å². The average molecular weight is 269 g/mol. The minimum absolute atomic E-state index is 0.133. The maximum absolute atomic E-state index is 12.0. The van der Waals surface area contributed by atoms with E-state index in [1.807, 2.05) is 30.3 Å². The van der Waals surface area contributed by atoms with Crippen molar-refractivity contribution in [1.29, 1.82) is 0 Å². The van der Waals surface area contributed by atoms with Crippen LogP contribution < -0.4 is 11.1 Å². The quantitative estimate of drug-likeness (QED) is 0.838. The van der Waals surface area contributed by atoms with Crippen LogP contribution in [0.2, 0.25) is 0 Å². The second kappa shape index (κ2) is 6.61. The lowest BCUT2D eigenvalue weighted by molar-refractivity contribution is 0.223. The van der Waals surface area contributed by atoms with Crippen molar-refractivity contribution in [2.75, 3.05) is 24.6 Å². The van der Waals surface area contributed by atoms with Gasteiger partial charge in [-0.2, -0.15) is 0 Å². The maximum Gasteiger partial charge on any atom is 0.321 e. The van der Waals surface area contributed by atoms with E-state index in [2.05, 4.69) is 17.4 Å². The predicted octanol–water partition coefficient (Wildman–Crippen LogP) is 2.98. The number of amides is 2. The largest absolute Gasteiger partial charge is 0.399 e. The van der Waals surface area contributed by atoms with Gasteiger partial charge in [-0.3, -0.25) is 0 Å². The summed E-state index contributed by atoms with van der Waals surface area (Å²) in [5, 5.41) is 2.83. The van der Waals surface area contributed by atoms with E-state index in [0.717, 1.165) is 6.42 Å². The van der Waals surface area contributed by atoms with Crippen molar-refractivity contribution in [2.45, 2.75) is 6.42 Å². The average Bonchev–Trinajstić information content (AvgIpc) is 2.46. The van der Waals surface area contributed by atoms with Crippen LogP contribution in [-0.2, 0) is 6.42 Å². The fourth-order valence-electron chi connectivity index (χ4n) is 1.88. The zero-order valence-corrected chi connectivity index (χ0v) is 11.5. The van der Waals surface area contributed by atoms with Gasteiger partial charge in [-0.25, -0.2) is 4.79 Å². The third-order valence-corrected chi connectivity index (χ3v) is 3.06. The van der Waals surface area contributed by atoms with Crippen molar-refractivity contribution in [2.24, 2.45) is 0 Å². The normalized spacial score (nSPS) is 10.1. The first-order valence-corrected chi connectivity index (χ1v) is 6.57. The van der Waals surface area contributed by atoms with Crippen molar-refractivity contribution in [3.05, 3.63) is 60.2 Å².